The number of nitrogens with one attached hydrogen (secondary N) is 2. The van der Waals surface area contributed by atoms with Crippen molar-refractivity contribution < 1.29 is 4.39 Å². The second kappa shape index (κ2) is 13.0. The van der Waals surface area contributed by atoms with Crippen molar-refractivity contribution in [2.24, 2.45) is 4.99 Å². The highest BCUT2D eigenvalue weighted by molar-refractivity contribution is 14.0. The average Bonchev–Trinajstić information content (AvgIpc) is 2.61. The number of aliphatic imine (C=N–C) groups is 1. The van der Waals surface area contributed by atoms with E-state index in [9.17, 15) is 4.39 Å². The molecule has 0 bridgehead atoms. The maximum atomic E-state index is 13.8. The molecule has 0 unspecified atom stereocenters. The minimum absolute atomic E-state index is 0. The molecule has 26 heavy (non-hydrogen) atoms. The molecular formula is C19H25BrFIN4. The Morgan fingerprint density at radius 3 is 2.73 bits per heavy atom. The van der Waals surface area contributed by atoms with Gasteiger partial charge in [-0.25, -0.2) is 4.39 Å². The first-order valence-electron chi connectivity index (χ1n) is 8.55. The molecule has 0 saturated carbocycles. The number of hydrogen-bond donors (Lipinski definition) is 2. The second-order valence-corrected chi connectivity index (χ2v) is 6.51. The molecule has 0 radical (unpaired) electrons. The number of halogens is 3. The van der Waals surface area contributed by atoms with E-state index in [1.807, 2.05) is 37.3 Å². The minimum Gasteiger partial charge on any atom is -0.357 e. The van der Waals surface area contributed by atoms with Crippen molar-refractivity contribution >= 4 is 45.9 Å². The van der Waals surface area contributed by atoms with Crippen LogP contribution in [0, 0.1) is 5.82 Å². The summed E-state index contributed by atoms with van der Waals surface area (Å²) in [7, 11) is 0. The molecule has 0 spiro atoms. The van der Waals surface area contributed by atoms with E-state index in [0.29, 0.717) is 13.0 Å². The molecule has 4 nitrogen and oxygen atoms in total. The number of aryl methyl sites for hydroxylation is 1. The van der Waals surface area contributed by atoms with Crippen molar-refractivity contribution in [2.45, 2.75) is 26.2 Å². The minimum atomic E-state index is -0.168. The lowest BCUT2D eigenvalue weighted by Gasteiger charge is -2.11. The van der Waals surface area contributed by atoms with Crippen LogP contribution in [0.5, 0.6) is 0 Å². The van der Waals surface area contributed by atoms with E-state index in [1.165, 1.54) is 6.07 Å². The molecule has 1 heterocycles. The van der Waals surface area contributed by atoms with Crippen LogP contribution in [-0.2, 0) is 12.8 Å². The van der Waals surface area contributed by atoms with Crippen LogP contribution in [0.1, 0.15) is 24.6 Å². The SMILES string of the molecule is CCNC(=NCCCc1ccc(Br)cc1F)NCCc1ccccn1.I. The summed E-state index contributed by atoms with van der Waals surface area (Å²) >= 11 is 3.27. The number of benzene rings is 1. The van der Waals surface area contributed by atoms with Gasteiger partial charge in [-0.15, -0.1) is 24.0 Å². The molecule has 2 aromatic rings. The van der Waals surface area contributed by atoms with Gasteiger partial charge in [0.15, 0.2) is 5.96 Å². The fourth-order valence-corrected chi connectivity index (χ4v) is 2.71. The van der Waals surface area contributed by atoms with Crippen molar-refractivity contribution in [1.82, 2.24) is 15.6 Å². The Balaban J connectivity index is 0.00000338. The fraction of sp³-hybridized carbons (Fsp3) is 0.368. The zero-order valence-corrected chi connectivity index (χ0v) is 18.8. The van der Waals surface area contributed by atoms with Gasteiger partial charge in [-0.3, -0.25) is 9.98 Å². The Hall–Kier alpha value is -1.22. The Morgan fingerprint density at radius 2 is 2.04 bits per heavy atom. The van der Waals surface area contributed by atoms with Gasteiger partial charge in [0.25, 0.3) is 0 Å². The van der Waals surface area contributed by atoms with Gasteiger partial charge in [0.05, 0.1) is 0 Å². The van der Waals surface area contributed by atoms with Crippen LogP contribution in [0.4, 0.5) is 4.39 Å². The molecule has 7 heteroatoms. The third-order valence-corrected chi connectivity index (χ3v) is 4.13. The number of nitrogens with zero attached hydrogens (tertiary/aromatic N) is 2. The number of guanidine groups is 1. The summed E-state index contributed by atoms with van der Waals surface area (Å²) in [4.78, 5) is 8.86. The van der Waals surface area contributed by atoms with Gasteiger partial charge in [-0.2, -0.15) is 0 Å². The van der Waals surface area contributed by atoms with Gasteiger partial charge in [0.1, 0.15) is 5.82 Å². The van der Waals surface area contributed by atoms with Gasteiger partial charge >= 0.3 is 0 Å². The Labute approximate surface area is 180 Å². The first kappa shape index (κ1) is 22.8. The molecule has 1 aromatic heterocycles. The fourth-order valence-electron chi connectivity index (χ4n) is 2.38. The molecule has 2 rings (SSSR count). The summed E-state index contributed by atoms with van der Waals surface area (Å²) < 4.78 is 14.6. The topological polar surface area (TPSA) is 49.3 Å². The number of rotatable bonds is 8. The van der Waals surface area contributed by atoms with E-state index < -0.39 is 0 Å². The molecular weight excluding hydrogens is 510 g/mol. The maximum absolute atomic E-state index is 13.8. The summed E-state index contributed by atoms with van der Waals surface area (Å²) in [6.45, 7) is 4.25. The highest BCUT2D eigenvalue weighted by Gasteiger charge is 2.03. The quantitative estimate of drug-likeness (QED) is 0.229. The molecule has 0 aliphatic heterocycles. The third kappa shape index (κ3) is 8.44. The van der Waals surface area contributed by atoms with E-state index in [0.717, 1.165) is 47.6 Å². The highest BCUT2D eigenvalue weighted by Crippen LogP contribution is 2.16. The van der Waals surface area contributed by atoms with Crippen LogP contribution in [0.15, 0.2) is 52.1 Å². The van der Waals surface area contributed by atoms with Crippen molar-refractivity contribution in [3.05, 3.63) is 64.1 Å². The monoisotopic (exact) mass is 534 g/mol. The van der Waals surface area contributed by atoms with Crippen LogP contribution < -0.4 is 10.6 Å². The molecule has 0 amide bonds. The van der Waals surface area contributed by atoms with E-state index in [1.54, 1.807) is 6.20 Å². The number of aromatic nitrogens is 1. The third-order valence-electron chi connectivity index (χ3n) is 3.63. The predicted octanol–water partition coefficient (Wildman–Crippen LogP) is 4.33. The lowest BCUT2D eigenvalue weighted by atomic mass is 10.1. The molecule has 0 fully saturated rings. The smallest absolute Gasteiger partial charge is 0.191 e. The van der Waals surface area contributed by atoms with Crippen molar-refractivity contribution in [2.75, 3.05) is 19.6 Å². The van der Waals surface area contributed by atoms with Crippen molar-refractivity contribution in [1.29, 1.82) is 0 Å². The Bertz CT molecular complexity index is 682. The van der Waals surface area contributed by atoms with Crippen LogP contribution in [0.3, 0.4) is 0 Å². The van der Waals surface area contributed by atoms with Crippen LogP contribution >= 0.6 is 39.9 Å². The van der Waals surface area contributed by atoms with Crippen LogP contribution in [-0.4, -0.2) is 30.6 Å². The largest absolute Gasteiger partial charge is 0.357 e. The van der Waals surface area contributed by atoms with E-state index in [-0.39, 0.29) is 29.8 Å². The summed E-state index contributed by atoms with van der Waals surface area (Å²) in [5.74, 6) is 0.619. The standard InChI is InChI=1S/C19H24BrFN4.HI/c1-2-22-19(25-13-10-17-7-3-4-11-23-17)24-12-5-6-15-8-9-16(20)14-18(15)21;/h3-4,7-9,11,14H,2,5-6,10,12-13H2,1H3,(H2,22,24,25);1H. The average molecular weight is 535 g/mol. The summed E-state index contributed by atoms with van der Waals surface area (Å²) in [6, 6.07) is 11.1. The number of pyridine rings is 1. The van der Waals surface area contributed by atoms with Crippen LogP contribution in [0.2, 0.25) is 0 Å². The molecule has 2 N–H and O–H groups in total. The van der Waals surface area contributed by atoms with E-state index in [2.05, 4.69) is 36.5 Å². The zero-order chi connectivity index (χ0) is 17.9. The molecule has 0 saturated heterocycles. The molecule has 0 aliphatic carbocycles. The Morgan fingerprint density at radius 1 is 1.19 bits per heavy atom. The number of hydrogen-bond acceptors (Lipinski definition) is 2. The lowest BCUT2D eigenvalue weighted by molar-refractivity contribution is 0.604. The Kier molecular flexibility index (Phi) is 11.4. The summed E-state index contributed by atoms with van der Waals surface area (Å²) in [5.41, 5.74) is 1.78. The molecule has 1 aromatic carbocycles. The highest BCUT2D eigenvalue weighted by atomic mass is 127. The van der Waals surface area contributed by atoms with Gasteiger partial charge in [-0.1, -0.05) is 28.1 Å². The van der Waals surface area contributed by atoms with E-state index in [4.69, 9.17) is 0 Å². The van der Waals surface area contributed by atoms with Crippen molar-refractivity contribution in [3.63, 3.8) is 0 Å². The normalized spacial score (nSPS) is 11.0. The predicted molar refractivity (Wildman–Crippen MR) is 120 cm³/mol. The molecule has 0 aliphatic rings. The van der Waals surface area contributed by atoms with Gasteiger partial charge in [0, 0.05) is 42.4 Å². The van der Waals surface area contributed by atoms with Gasteiger partial charge < -0.3 is 10.6 Å². The first-order chi connectivity index (χ1) is 12.2. The lowest BCUT2D eigenvalue weighted by Crippen LogP contribution is -2.38. The zero-order valence-electron chi connectivity index (χ0n) is 14.8. The summed E-state index contributed by atoms with van der Waals surface area (Å²) in [6.07, 6.45) is 4.12. The van der Waals surface area contributed by atoms with Gasteiger partial charge in [-0.05, 0) is 49.6 Å². The molecule has 142 valence electrons. The maximum Gasteiger partial charge on any atom is 0.191 e. The first-order valence-corrected chi connectivity index (χ1v) is 9.34. The summed E-state index contributed by atoms with van der Waals surface area (Å²) in [5, 5.41) is 6.53. The molecule has 0 atom stereocenters. The van der Waals surface area contributed by atoms with Crippen LogP contribution in [0.25, 0.3) is 0 Å². The van der Waals surface area contributed by atoms with Gasteiger partial charge in [0.2, 0.25) is 0 Å². The van der Waals surface area contributed by atoms with Crippen molar-refractivity contribution in [3.8, 4) is 0 Å². The van der Waals surface area contributed by atoms with E-state index >= 15 is 0 Å². The second-order valence-electron chi connectivity index (χ2n) is 5.60.